The van der Waals surface area contributed by atoms with Crippen LogP contribution in [0.3, 0.4) is 0 Å². The van der Waals surface area contributed by atoms with Crippen molar-refractivity contribution >= 4 is 5.69 Å². The zero-order valence-electron chi connectivity index (χ0n) is 8.77. The van der Waals surface area contributed by atoms with E-state index in [-0.39, 0.29) is 18.3 Å². The van der Waals surface area contributed by atoms with Gasteiger partial charge in [0.2, 0.25) is 0 Å². The van der Waals surface area contributed by atoms with Gasteiger partial charge in [0.15, 0.2) is 5.75 Å². The topological polar surface area (TPSA) is 78.4 Å². The minimum absolute atomic E-state index is 0.0179. The molecule has 1 aromatic rings. The lowest BCUT2D eigenvalue weighted by Crippen LogP contribution is -2.24. The third-order valence-corrected chi connectivity index (χ3v) is 1.88. The SMILES string of the molecule is Cc1cccc([N+](=O)[O-])c1OCC(C)N. The predicted molar refractivity (Wildman–Crippen MR) is 57.0 cm³/mol. The van der Waals surface area contributed by atoms with Crippen LogP contribution in [0.5, 0.6) is 5.75 Å². The number of nitro groups is 1. The van der Waals surface area contributed by atoms with Gasteiger partial charge in [0.1, 0.15) is 6.61 Å². The summed E-state index contributed by atoms with van der Waals surface area (Å²) >= 11 is 0. The van der Waals surface area contributed by atoms with Gasteiger partial charge in [-0.25, -0.2) is 0 Å². The molecule has 82 valence electrons. The van der Waals surface area contributed by atoms with Crippen molar-refractivity contribution in [3.05, 3.63) is 33.9 Å². The van der Waals surface area contributed by atoms with E-state index >= 15 is 0 Å². The van der Waals surface area contributed by atoms with E-state index in [4.69, 9.17) is 10.5 Å². The summed E-state index contributed by atoms with van der Waals surface area (Å²) in [4.78, 5) is 10.3. The van der Waals surface area contributed by atoms with E-state index in [2.05, 4.69) is 0 Å². The lowest BCUT2D eigenvalue weighted by atomic mass is 10.2. The number of rotatable bonds is 4. The zero-order valence-corrected chi connectivity index (χ0v) is 8.77. The molecule has 0 saturated heterocycles. The second-order valence-electron chi connectivity index (χ2n) is 3.47. The van der Waals surface area contributed by atoms with Gasteiger partial charge in [-0.3, -0.25) is 10.1 Å². The number of hydrogen-bond acceptors (Lipinski definition) is 4. The number of benzene rings is 1. The van der Waals surface area contributed by atoms with Gasteiger partial charge < -0.3 is 10.5 Å². The Bertz CT molecular complexity index is 364. The number of aryl methyl sites for hydroxylation is 1. The van der Waals surface area contributed by atoms with Crippen LogP contribution in [-0.2, 0) is 0 Å². The molecule has 5 heteroatoms. The molecule has 0 heterocycles. The van der Waals surface area contributed by atoms with E-state index in [1.54, 1.807) is 26.0 Å². The molecule has 0 spiro atoms. The summed E-state index contributed by atoms with van der Waals surface area (Å²) in [5.74, 6) is 0.305. The monoisotopic (exact) mass is 210 g/mol. The first-order valence-electron chi connectivity index (χ1n) is 4.64. The van der Waals surface area contributed by atoms with Crippen LogP contribution in [0.4, 0.5) is 5.69 Å². The zero-order chi connectivity index (χ0) is 11.4. The van der Waals surface area contributed by atoms with Crippen molar-refractivity contribution in [3.8, 4) is 5.75 Å². The van der Waals surface area contributed by atoms with Gasteiger partial charge in [-0.15, -0.1) is 0 Å². The molecule has 0 radical (unpaired) electrons. The quantitative estimate of drug-likeness (QED) is 0.605. The largest absolute Gasteiger partial charge is 0.485 e. The molecule has 2 N–H and O–H groups in total. The average molecular weight is 210 g/mol. The minimum atomic E-state index is -0.455. The van der Waals surface area contributed by atoms with Gasteiger partial charge in [-0.2, -0.15) is 0 Å². The Balaban J connectivity index is 2.97. The van der Waals surface area contributed by atoms with Crippen LogP contribution < -0.4 is 10.5 Å². The second-order valence-corrected chi connectivity index (χ2v) is 3.47. The molecule has 0 fully saturated rings. The maximum absolute atomic E-state index is 10.7. The van der Waals surface area contributed by atoms with Crippen LogP contribution in [0.15, 0.2) is 18.2 Å². The van der Waals surface area contributed by atoms with E-state index in [0.29, 0.717) is 5.75 Å². The van der Waals surface area contributed by atoms with E-state index in [1.807, 2.05) is 0 Å². The van der Waals surface area contributed by atoms with E-state index < -0.39 is 4.92 Å². The number of nitrogens with zero attached hydrogens (tertiary/aromatic N) is 1. The first-order chi connectivity index (χ1) is 7.02. The molecule has 1 rings (SSSR count). The molecule has 1 aromatic carbocycles. The minimum Gasteiger partial charge on any atom is -0.485 e. The number of para-hydroxylation sites is 1. The summed E-state index contributed by atoms with van der Waals surface area (Å²) in [6.07, 6.45) is 0. The smallest absolute Gasteiger partial charge is 0.311 e. The molecule has 1 atom stereocenters. The molecule has 0 aliphatic heterocycles. The molecule has 1 unspecified atom stereocenters. The Morgan fingerprint density at radius 3 is 2.80 bits per heavy atom. The molecular formula is C10H14N2O3. The van der Waals surface area contributed by atoms with E-state index in [9.17, 15) is 10.1 Å². The molecule has 0 amide bonds. The van der Waals surface area contributed by atoms with Crippen LogP contribution in [-0.4, -0.2) is 17.6 Å². The highest BCUT2D eigenvalue weighted by molar-refractivity contribution is 5.51. The van der Waals surface area contributed by atoms with Gasteiger partial charge in [0, 0.05) is 12.1 Å². The van der Waals surface area contributed by atoms with Crippen molar-refractivity contribution in [2.24, 2.45) is 5.73 Å². The van der Waals surface area contributed by atoms with Crippen LogP contribution >= 0.6 is 0 Å². The van der Waals surface area contributed by atoms with Crippen LogP contribution in [0.25, 0.3) is 0 Å². The van der Waals surface area contributed by atoms with Gasteiger partial charge in [-0.05, 0) is 19.4 Å². The fourth-order valence-electron chi connectivity index (χ4n) is 1.18. The normalized spacial score (nSPS) is 12.2. The van der Waals surface area contributed by atoms with Crippen molar-refractivity contribution in [3.63, 3.8) is 0 Å². The summed E-state index contributed by atoms with van der Waals surface area (Å²) in [5, 5.41) is 10.7. The summed E-state index contributed by atoms with van der Waals surface area (Å²) in [6, 6.07) is 4.67. The summed E-state index contributed by atoms with van der Waals surface area (Å²) in [6.45, 7) is 3.82. The molecule has 0 aromatic heterocycles. The molecule has 0 bridgehead atoms. The third kappa shape index (κ3) is 2.92. The van der Waals surface area contributed by atoms with Gasteiger partial charge in [0.05, 0.1) is 4.92 Å². The fraction of sp³-hybridized carbons (Fsp3) is 0.400. The molecular weight excluding hydrogens is 196 g/mol. The second kappa shape index (κ2) is 4.75. The van der Waals surface area contributed by atoms with E-state index in [1.165, 1.54) is 6.07 Å². The van der Waals surface area contributed by atoms with Crippen molar-refractivity contribution in [1.29, 1.82) is 0 Å². The Kier molecular flexibility index (Phi) is 3.62. The molecule has 15 heavy (non-hydrogen) atoms. The Morgan fingerprint density at radius 2 is 2.27 bits per heavy atom. The van der Waals surface area contributed by atoms with Crippen LogP contribution in [0.1, 0.15) is 12.5 Å². The van der Waals surface area contributed by atoms with Gasteiger partial charge in [0.25, 0.3) is 0 Å². The highest BCUT2D eigenvalue weighted by Crippen LogP contribution is 2.30. The summed E-state index contributed by atoms with van der Waals surface area (Å²) in [7, 11) is 0. The van der Waals surface area contributed by atoms with Crippen molar-refractivity contribution in [1.82, 2.24) is 0 Å². The lowest BCUT2D eigenvalue weighted by Gasteiger charge is -2.10. The van der Waals surface area contributed by atoms with Crippen molar-refractivity contribution in [2.45, 2.75) is 19.9 Å². The van der Waals surface area contributed by atoms with Gasteiger partial charge in [-0.1, -0.05) is 12.1 Å². The maximum atomic E-state index is 10.7. The highest BCUT2D eigenvalue weighted by Gasteiger charge is 2.16. The Hall–Kier alpha value is -1.62. The fourth-order valence-corrected chi connectivity index (χ4v) is 1.18. The summed E-state index contributed by atoms with van der Waals surface area (Å²) < 4.78 is 5.32. The predicted octanol–water partition coefficient (Wildman–Crippen LogP) is 1.63. The van der Waals surface area contributed by atoms with Crippen LogP contribution in [0, 0.1) is 17.0 Å². The lowest BCUT2D eigenvalue weighted by molar-refractivity contribution is -0.385. The number of ether oxygens (including phenoxy) is 1. The van der Waals surface area contributed by atoms with E-state index in [0.717, 1.165) is 5.56 Å². The van der Waals surface area contributed by atoms with Gasteiger partial charge >= 0.3 is 5.69 Å². The standard InChI is InChI=1S/C10H14N2O3/c1-7-4-3-5-9(12(13)14)10(7)15-6-8(2)11/h3-5,8H,6,11H2,1-2H3. The molecule has 0 aliphatic carbocycles. The third-order valence-electron chi connectivity index (χ3n) is 1.88. The number of hydrogen-bond donors (Lipinski definition) is 1. The van der Waals surface area contributed by atoms with Crippen LogP contribution in [0.2, 0.25) is 0 Å². The molecule has 5 nitrogen and oxygen atoms in total. The van der Waals surface area contributed by atoms with Crippen molar-refractivity contribution < 1.29 is 9.66 Å². The number of nitro benzene ring substituents is 1. The Labute approximate surface area is 88.0 Å². The molecule has 0 saturated carbocycles. The van der Waals surface area contributed by atoms with Crippen molar-refractivity contribution in [2.75, 3.05) is 6.61 Å². The highest BCUT2D eigenvalue weighted by atomic mass is 16.6. The summed E-state index contributed by atoms with van der Waals surface area (Å²) in [5.41, 5.74) is 6.24. The first-order valence-corrected chi connectivity index (χ1v) is 4.64. The maximum Gasteiger partial charge on any atom is 0.311 e. The first kappa shape index (κ1) is 11.5. The average Bonchev–Trinajstić information content (AvgIpc) is 2.15. The number of nitrogens with two attached hydrogens (primary N) is 1. The molecule has 0 aliphatic rings. The Morgan fingerprint density at radius 1 is 1.60 bits per heavy atom.